The van der Waals surface area contributed by atoms with Gasteiger partial charge in [-0.05, 0) is 107 Å². The fraction of sp³-hybridized carbons (Fsp3) is 0. The number of aromatic nitrogens is 1. The Labute approximate surface area is 301 Å². The van der Waals surface area contributed by atoms with Gasteiger partial charge >= 0.3 is 0 Å². The summed E-state index contributed by atoms with van der Waals surface area (Å²) in [6.45, 7) is 0. The molecule has 4 nitrogen and oxygen atoms in total. The summed E-state index contributed by atoms with van der Waals surface area (Å²) in [6.07, 6.45) is 0. The summed E-state index contributed by atoms with van der Waals surface area (Å²) in [5, 5.41) is 4.42. The molecule has 0 saturated heterocycles. The van der Waals surface area contributed by atoms with Crippen molar-refractivity contribution < 1.29 is 4.42 Å². The molecule has 0 saturated carbocycles. The predicted molar refractivity (Wildman–Crippen MR) is 218 cm³/mol. The van der Waals surface area contributed by atoms with Gasteiger partial charge in [0.1, 0.15) is 11.2 Å². The van der Waals surface area contributed by atoms with Gasteiger partial charge < -0.3 is 19.6 Å². The molecule has 0 radical (unpaired) electrons. The average molecular weight is 668 g/mol. The Morgan fingerprint density at radius 3 is 1.75 bits per heavy atom. The van der Waals surface area contributed by atoms with Gasteiger partial charge in [-0.3, -0.25) is 0 Å². The van der Waals surface area contributed by atoms with Crippen LogP contribution >= 0.6 is 0 Å². The molecule has 0 aliphatic heterocycles. The second kappa shape index (κ2) is 12.1. The number of hydrogen-bond acceptors (Lipinski definition) is 3. The van der Waals surface area contributed by atoms with Crippen molar-refractivity contribution in [3.05, 3.63) is 188 Å². The monoisotopic (exact) mass is 667 g/mol. The minimum Gasteiger partial charge on any atom is -0.456 e. The number of anilines is 4. The lowest BCUT2D eigenvalue weighted by Crippen LogP contribution is -2.09. The van der Waals surface area contributed by atoms with Gasteiger partial charge in [0.2, 0.25) is 0 Å². The molecule has 0 spiro atoms. The summed E-state index contributed by atoms with van der Waals surface area (Å²) >= 11 is 0. The first kappa shape index (κ1) is 29.8. The fourth-order valence-corrected chi connectivity index (χ4v) is 7.67. The molecule has 4 heteroatoms. The minimum atomic E-state index is 0.709. The molecule has 0 fully saturated rings. The largest absolute Gasteiger partial charge is 0.456 e. The molecule has 0 atom stereocenters. The third kappa shape index (κ3) is 4.92. The molecule has 0 unspecified atom stereocenters. The van der Waals surface area contributed by atoms with E-state index in [0.717, 1.165) is 50.3 Å². The maximum Gasteiger partial charge on any atom is 0.137 e. The molecule has 0 aliphatic carbocycles. The van der Waals surface area contributed by atoms with Crippen LogP contribution in [0.4, 0.5) is 22.7 Å². The average Bonchev–Trinajstić information content (AvgIpc) is 3.75. The van der Waals surface area contributed by atoms with E-state index in [9.17, 15) is 0 Å². The van der Waals surface area contributed by atoms with E-state index < -0.39 is 0 Å². The lowest BCUT2D eigenvalue weighted by molar-refractivity contribution is 0.669. The number of nitrogen functional groups attached to an aromatic ring is 1. The van der Waals surface area contributed by atoms with Crippen molar-refractivity contribution in [1.29, 1.82) is 0 Å². The summed E-state index contributed by atoms with van der Waals surface area (Å²) in [5.74, 6) is 0. The van der Waals surface area contributed by atoms with Gasteiger partial charge in [-0.1, -0.05) is 103 Å². The van der Waals surface area contributed by atoms with Crippen molar-refractivity contribution in [3.63, 3.8) is 0 Å². The number of furan rings is 1. The van der Waals surface area contributed by atoms with Crippen LogP contribution in [-0.2, 0) is 0 Å². The third-order valence-electron chi connectivity index (χ3n) is 10.1. The SMILES string of the molecule is Nc1cccc2oc3ccc(N(c4ccc(-c5ccccc5)cc4)c4ccc(-c5ccc6c(c5)c5ccccc5n6-c5ccccc5)cc4)cc3c12. The highest BCUT2D eigenvalue weighted by molar-refractivity contribution is 6.12. The molecule has 10 rings (SSSR count). The molecule has 0 aliphatic rings. The number of rotatable bonds is 6. The van der Waals surface area contributed by atoms with Gasteiger partial charge in [0.15, 0.2) is 0 Å². The highest BCUT2D eigenvalue weighted by Gasteiger charge is 2.18. The molecule has 10 aromatic rings. The zero-order chi connectivity index (χ0) is 34.6. The number of hydrogen-bond donors (Lipinski definition) is 1. The van der Waals surface area contributed by atoms with Crippen molar-refractivity contribution in [2.24, 2.45) is 0 Å². The van der Waals surface area contributed by atoms with E-state index in [1.165, 1.54) is 38.5 Å². The summed E-state index contributed by atoms with van der Waals surface area (Å²) in [5.41, 5.74) is 20.2. The molecule has 2 N–H and O–H groups in total. The Hall–Kier alpha value is -7.04. The Morgan fingerprint density at radius 2 is 1.00 bits per heavy atom. The molecular weight excluding hydrogens is 635 g/mol. The van der Waals surface area contributed by atoms with Crippen molar-refractivity contribution in [1.82, 2.24) is 4.57 Å². The number of nitrogens with two attached hydrogens (primary N) is 1. The van der Waals surface area contributed by atoms with Gasteiger partial charge in [-0.15, -0.1) is 0 Å². The maximum absolute atomic E-state index is 6.48. The molecular formula is C48H33N3O. The molecule has 2 aromatic heterocycles. The second-order valence-corrected chi connectivity index (χ2v) is 13.2. The zero-order valence-electron chi connectivity index (χ0n) is 28.3. The smallest absolute Gasteiger partial charge is 0.137 e. The lowest BCUT2D eigenvalue weighted by Gasteiger charge is -2.26. The first-order chi connectivity index (χ1) is 25.7. The third-order valence-corrected chi connectivity index (χ3v) is 10.1. The highest BCUT2D eigenvalue weighted by Crippen LogP contribution is 2.41. The number of para-hydroxylation sites is 2. The molecule has 2 heterocycles. The van der Waals surface area contributed by atoms with Crippen LogP contribution in [0, 0.1) is 0 Å². The Bertz CT molecular complexity index is 2890. The van der Waals surface area contributed by atoms with Crippen molar-refractivity contribution in [3.8, 4) is 27.9 Å². The first-order valence-corrected chi connectivity index (χ1v) is 17.6. The van der Waals surface area contributed by atoms with E-state index in [1.807, 2.05) is 30.3 Å². The standard InChI is InChI=1S/C48H33N3O/c49-43-15-9-17-47-48(43)42-31-39(27-29-46(42)52-47)50(37-23-18-33(19-24-37)32-10-3-1-4-11-32)38-25-20-34(21-26-38)35-22-28-45-41(30-35)40-14-7-8-16-44(40)51(45)36-12-5-2-6-13-36/h1-31H,49H2. The van der Waals surface area contributed by atoms with Crippen molar-refractivity contribution >= 4 is 66.5 Å². The molecule has 8 aromatic carbocycles. The lowest BCUT2D eigenvalue weighted by atomic mass is 10.0. The summed E-state index contributed by atoms with van der Waals surface area (Å²) < 4.78 is 8.55. The highest BCUT2D eigenvalue weighted by atomic mass is 16.3. The van der Waals surface area contributed by atoms with Crippen LogP contribution < -0.4 is 10.6 Å². The van der Waals surface area contributed by atoms with Gasteiger partial charge in [-0.2, -0.15) is 0 Å². The van der Waals surface area contributed by atoms with Crippen LogP contribution in [0.25, 0.3) is 71.7 Å². The van der Waals surface area contributed by atoms with Crippen LogP contribution in [-0.4, -0.2) is 4.57 Å². The summed E-state index contributed by atoms with van der Waals surface area (Å²) in [7, 11) is 0. The summed E-state index contributed by atoms with van der Waals surface area (Å²) in [4.78, 5) is 2.30. The Balaban J connectivity index is 1.08. The van der Waals surface area contributed by atoms with E-state index in [-0.39, 0.29) is 0 Å². The number of fused-ring (bicyclic) bond motifs is 6. The van der Waals surface area contributed by atoms with Crippen molar-refractivity contribution in [2.45, 2.75) is 0 Å². The van der Waals surface area contributed by atoms with Crippen molar-refractivity contribution in [2.75, 3.05) is 10.6 Å². The Morgan fingerprint density at radius 1 is 0.404 bits per heavy atom. The Kier molecular flexibility index (Phi) is 6.93. The van der Waals surface area contributed by atoms with Crippen LogP contribution in [0.1, 0.15) is 0 Å². The van der Waals surface area contributed by atoms with E-state index >= 15 is 0 Å². The van der Waals surface area contributed by atoms with Gasteiger partial charge in [-0.25, -0.2) is 0 Å². The topological polar surface area (TPSA) is 47.3 Å². The first-order valence-electron chi connectivity index (χ1n) is 17.6. The normalized spacial score (nSPS) is 11.5. The molecule has 0 bridgehead atoms. The molecule has 52 heavy (non-hydrogen) atoms. The molecule has 246 valence electrons. The van der Waals surface area contributed by atoms with E-state index in [4.69, 9.17) is 10.2 Å². The van der Waals surface area contributed by atoms with Gasteiger partial charge in [0, 0.05) is 44.6 Å². The zero-order valence-corrected chi connectivity index (χ0v) is 28.3. The van der Waals surface area contributed by atoms with E-state index in [0.29, 0.717) is 5.69 Å². The fourth-order valence-electron chi connectivity index (χ4n) is 7.67. The second-order valence-electron chi connectivity index (χ2n) is 13.2. The van der Waals surface area contributed by atoms with Crippen LogP contribution in [0.3, 0.4) is 0 Å². The predicted octanol–water partition coefficient (Wildman–Crippen LogP) is 13.1. The van der Waals surface area contributed by atoms with E-state index in [2.05, 4.69) is 167 Å². The molecule has 0 amide bonds. The quantitative estimate of drug-likeness (QED) is 0.180. The number of nitrogens with zero attached hydrogens (tertiary/aromatic N) is 2. The van der Waals surface area contributed by atoms with E-state index in [1.54, 1.807) is 0 Å². The number of benzene rings is 8. The maximum atomic E-state index is 6.48. The minimum absolute atomic E-state index is 0.709. The van der Waals surface area contributed by atoms with Gasteiger partial charge in [0.05, 0.1) is 16.4 Å². The van der Waals surface area contributed by atoms with Crippen LogP contribution in [0.5, 0.6) is 0 Å². The summed E-state index contributed by atoms with van der Waals surface area (Å²) in [6, 6.07) is 66.4. The van der Waals surface area contributed by atoms with Crippen LogP contribution in [0.15, 0.2) is 192 Å². The van der Waals surface area contributed by atoms with Gasteiger partial charge in [0.25, 0.3) is 0 Å². The van der Waals surface area contributed by atoms with Crippen LogP contribution in [0.2, 0.25) is 0 Å².